The first-order chi connectivity index (χ1) is 9.35. The van der Waals surface area contributed by atoms with E-state index in [0.29, 0.717) is 12.5 Å². The third kappa shape index (κ3) is 3.66. The van der Waals surface area contributed by atoms with Gasteiger partial charge < -0.3 is 5.32 Å². The van der Waals surface area contributed by atoms with Crippen molar-refractivity contribution in [3.05, 3.63) is 58.3 Å². The van der Waals surface area contributed by atoms with Crippen LogP contribution in [0.4, 0.5) is 0 Å². The van der Waals surface area contributed by atoms with Gasteiger partial charge in [-0.2, -0.15) is 5.26 Å². The number of benzene rings is 1. The highest BCUT2D eigenvalue weighted by atomic mass is 32.1. The first-order valence-electron chi connectivity index (χ1n) is 6.56. The van der Waals surface area contributed by atoms with Crippen LogP contribution in [0.25, 0.3) is 0 Å². The van der Waals surface area contributed by atoms with Crippen molar-refractivity contribution >= 4 is 11.3 Å². The first kappa shape index (κ1) is 13.8. The van der Waals surface area contributed by atoms with E-state index in [0.717, 1.165) is 6.42 Å². The summed E-state index contributed by atoms with van der Waals surface area (Å²) in [5, 5.41) is 14.7. The fraction of sp³-hybridized carbons (Fsp3) is 0.312. The van der Waals surface area contributed by atoms with Crippen LogP contribution in [0.3, 0.4) is 0 Å². The largest absolute Gasteiger partial charge is 0.301 e. The third-order valence-electron chi connectivity index (χ3n) is 3.19. The maximum atomic E-state index is 9.03. The Kier molecular flexibility index (Phi) is 5.14. The lowest BCUT2D eigenvalue weighted by Crippen LogP contribution is -2.25. The van der Waals surface area contributed by atoms with E-state index in [4.69, 9.17) is 5.26 Å². The standard InChI is InChI=1S/C16H18N2S/c1-2-14(16-9-6-12-19-16)18-15(10-11-17)13-7-4-3-5-8-13/h3-9,12,14-15,18H,2,10H2,1H3. The average Bonchev–Trinajstić information content (AvgIpc) is 2.98. The van der Waals surface area contributed by atoms with Gasteiger partial charge >= 0.3 is 0 Å². The van der Waals surface area contributed by atoms with Crippen LogP contribution in [-0.2, 0) is 0 Å². The van der Waals surface area contributed by atoms with E-state index in [2.05, 4.69) is 48.0 Å². The zero-order chi connectivity index (χ0) is 13.5. The zero-order valence-electron chi connectivity index (χ0n) is 11.0. The lowest BCUT2D eigenvalue weighted by atomic mass is 10.0. The molecule has 1 aromatic carbocycles. The van der Waals surface area contributed by atoms with Gasteiger partial charge in [-0.15, -0.1) is 11.3 Å². The van der Waals surface area contributed by atoms with Gasteiger partial charge in [0, 0.05) is 17.0 Å². The summed E-state index contributed by atoms with van der Waals surface area (Å²) in [6, 6.07) is 17.1. The van der Waals surface area contributed by atoms with Crippen LogP contribution in [0.5, 0.6) is 0 Å². The van der Waals surface area contributed by atoms with Crippen molar-refractivity contribution in [3.8, 4) is 6.07 Å². The van der Waals surface area contributed by atoms with Crippen LogP contribution < -0.4 is 5.32 Å². The lowest BCUT2D eigenvalue weighted by Gasteiger charge is -2.23. The molecule has 0 radical (unpaired) electrons. The Labute approximate surface area is 118 Å². The third-order valence-corrected chi connectivity index (χ3v) is 4.18. The van der Waals surface area contributed by atoms with E-state index >= 15 is 0 Å². The molecule has 0 saturated heterocycles. The minimum absolute atomic E-state index is 0.0956. The molecule has 0 bridgehead atoms. The first-order valence-corrected chi connectivity index (χ1v) is 7.44. The van der Waals surface area contributed by atoms with Crippen LogP contribution >= 0.6 is 11.3 Å². The Balaban J connectivity index is 2.14. The molecule has 19 heavy (non-hydrogen) atoms. The summed E-state index contributed by atoms with van der Waals surface area (Å²) >= 11 is 1.77. The van der Waals surface area contributed by atoms with E-state index in [-0.39, 0.29) is 6.04 Å². The highest BCUT2D eigenvalue weighted by Crippen LogP contribution is 2.26. The molecule has 2 unspecified atom stereocenters. The van der Waals surface area contributed by atoms with Crippen LogP contribution in [0.2, 0.25) is 0 Å². The summed E-state index contributed by atoms with van der Waals surface area (Å²) in [4.78, 5) is 1.33. The molecule has 0 aliphatic carbocycles. The molecule has 0 aliphatic rings. The van der Waals surface area contributed by atoms with Gasteiger partial charge in [-0.25, -0.2) is 0 Å². The Morgan fingerprint density at radius 1 is 1.16 bits per heavy atom. The molecule has 1 aromatic heterocycles. The molecule has 0 saturated carbocycles. The lowest BCUT2D eigenvalue weighted by molar-refractivity contribution is 0.444. The average molecular weight is 270 g/mol. The molecular formula is C16H18N2S. The predicted molar refractivity (Wildman–Crippen MR) is 79.9 cm³/mol. The van der Waals surface area contributed by atoms with Gasteiger partial charge in [0.1, 0.15) is 0 Å². The van der Waals surface area contributed by atoms with Crippen molar-refractivity contribution in [3.63, 3.8) is 0 Å². The molecule has 0 amide bonds. The van der Waals surface area contributed by atoms with Crippen molar-refractivity contribution in [2.75, 3.05) is 0 Å². The number of hydrogen-bond acceptors (Lipinski definition) is 3. The fourth-order valence-corrected chi connectivity index (χ4v) is 3.05. The molecular weight excluding hydrogens is 252 g/mol. The normalized spacial score (nSPS) is 13.7. The highest BCUT2D eigenvalue weighted by Gasteiger charge is 2.17. The number of nitriles is 1. The topological polar surface area (TPSA) is 35.8 Å². The molecule has 2 nitrogen and oxygen atoms in total. The number of nitrogens with one attached hydrogen (secondary N) is 1. The molecule has 0 aliphatic heterocycles. The van der Waals surface area contributed by atoms with Gasteiger partial charge in [-0.1, -0.05) is 43.3 Å². The molecule has 0 spiro atoms. The van der Waals surface area contributed by atoms with Crippen LogP contribution in [-0.4, -0.2) is 0 Å². The van der Waals surface area contributed by atoms with E-state index in [1.165, 1.54) is 10.4 Å². The summed E-state index contributed by atoms with van der Waals surface area (Å²) in [6.45, 7) is 2.17. The summed E-state index contributed by atoms with van der Waals surface area (Å²) in [6.07, 6.45) is 1.52. The predicted octanol–water partition coefficient (Wildman–Crippen LogP) is 4.44. The summed E-state index contributed by atoms with van der Waals surface area (Å²) in [5.74, 6) is 0. The fourth-order valence-electron chi connectivity index (χ4n) is 2.18. The zero-order valence-corrected chi connectivity index (χ0v) is 11.9. The van der Waals surface area contributed by atoms with E-state index in [9.17, 15) is 0 Å². The van der Waals surface area contributed by atoms with E-state index in [1.807, 2.05) is 18.2 Å². The molecule has 1 N–H and O–H groups in total. The minimum Gasteiger partial charge on any atom is -0.301 e. The second-order valence-electron chi connectivity index (χ2n) is 4.47. The molecule has 0 fully saturated rings. The quantitative estimate of drug-likeness (QED) is 0.842. The summed E-state index contributed by atoms with van der Waals surface area (Å²) in [5.41, 5.74) is 1.18. The molecule has 1 heterocycles. The Morgan fingerprint density at radius 2 is 1.95 bits per heavy atom. The molecule has 2 aromatic rings. The smallest absolute Gasteiger partial charge is 0.0641 e. The Hall–Kier alpha value is -1.63. The Morgan fingerprint density at radius 3 is 2.53 bits per heavy atom. The monoisotopic (exact) mass is 270 g/mol. The Bertz CT molecular complexity index is 513. The molecule has 2 atom stereocenters. The number of nitrogens with zero attached hydrogens (tertiary/aromatic N) is 1. The summed E-state index contributed by atoms with van der Waals surface area (Å²) < 4.78 is 0. The van der Waals surface area contributed by atoms with Crippen molar-refractivity contribution in [1.29, 1.82) is 5.26 Å². The minimum atomic E-state index is 0.0956. The van der Waals surface area contributed by atoms with E-state index in [1.54, 1.807) is 11.3 Å². The van der Waals surface area contributed by atoms with Crippen molar-refractivity contribution in [2.24, 2.45) is 0 Å². The van der Waals surface area contributed by atoms with Crippen LogP contribution in [0.15, 0.2) is 47.8 Å². The maximum absolute atomic E-state index is 9.03. The van der Waals surface area contributed by atoms with Crippen LogP contribution in [0, 0.1) is 11.3 Å². The van der Waals surface area contributed by atoms with Crippen LogP contribution in [0.1, 0.15) is 42.3 Å². The molecule has 98 valence electrons. The van der Waals surface area contributed by atoms with Gasteiger partial charge in [0.25, 0.3) is 0 Å². The van der Waals surface area contributed by atoms with Crippen molar-refractivity contribution in [1.82, 2.24) is 5.32 Å². The summed E-state index contributed by atoms with van der Waals surface area (Å²) in [7, 11) is 0. The van der Waals surface area contributed by atoms with Gasteiger partial charge in [0.2, 0.25) is 0 Å². The van der Waals surface area contributed by atoms with Crippen molar-refractivity contribution in [2.45, 2.75) is 31.8 Å². The van der Waals surface area contributed by atoms with E-state index < -0.39 is 0 Å². The number of rotatable bonds is 6. The maximum Gasteiger partial charge on any atom is 0.0641 e. The second kappa shape index (κ2) is 7.08. The van der Waals surface area contributed by atoms with Gasteiger partial charge in [-0.3, -0.25) is 0 Å². The van der Waals surface area contributed by atoms with Gasteiger partial charge in [0.05, 0.1) is 12.5 Å². The number of thiophene rings is 1. The molecule has 2 rings (SSSR count). The van der Waals surface area contributed by atoms with Crippen molar-refractivity contribution < 1.29 is 0 Å². The second-order valence-corrected chi connectivity index (χ2v) is 5.45. The number of hydrogen-bond donors (Lipinski definition) is 1. The SMILES string of the molecule is CCC(NC(CC#N)c1ccccc1)c1cccs1. The molecule has 3 heteroatoms. The highest BCUT2D eigenvalue weighted by molar-refractivity contribution is 7.10. The van der Waals surface area contributed by atoms with Gasteiger partial charge in [-0.05, 0) is 23.4 Å². The van der Waals surface area contributed by atoms with Gasteiger partial charge in [0.15, 0.2) is 0 Å².